The smallest absolute Gasteiger partial charge is 0.0300 e. The van der Waals surface area contributed by atoms with Gasteiger partial charge < -0.3 is 0 Å². The van der Waals surface area contributed by atoms with Gasteiger partial charge in [-0.05, 0) is 34.8 Å². The minimum atomic E-state index is 0.323. The molecule has 0 radical (unpaired) electrons. The molecule has 0 spiro atoms. The summed E-state index contributed by atoms with van der Waals surface area (Å²) in [6, 6.07) is 4.41. The minimum absolute atomic E-state index is 0.323. The molecule has 1 aliphatic rings. The van der Waals surface area contributed by atoms with Crippen LogP contribution in [0, 0.1) is 16.7 Å². The van der Waals surface area contributed by atoms with Crippen LogP contribution >= 0.6 is 0 Å². The molecule has 1 fully saturated rings. The lowest BCUT2D eigenvalue weighted by Crippen LogP contribution is -2.40. The van der Waals surface area contributed by atoms with Gasteiger partial charge in [-0.1, -0.05) is 33.8 Å². The highest BCUT2D eigenvalue weighted by atomic mass is 15.2. The molecule has 1 saturated carbocycles. The highest BCUT2D eigenvalue weighted by molar-refractivity contribution is 5.19. The first-order valence-corrected chi connectivity index (χ1v) is 6.26. The summed E-state index contributed by atoms with van der Waals surface area (Å²) in [6.07, 6.45) is 4.67. The molecule has 0 bridgehead atoms. The molecule has 3 nitrogen and oxygen atoms in total. The summed E-state index contributed by atoms with van der Waals surface area (Å²) in [5, 5.41) is 0. The molecule has 1 aromatic rings. The van der Waals surface area contributed by atoms with Crippen LogP contribution in [0.15, 0.2) is 24.5 Å². The van der Waals surface area contributed by atoms with Gasteiger partial charge in [-0.2, -0.15) is 0 Å². The lowest BCUT2D eigenvalue weighted by Gasteiger charge is -2.18. The fourth-order valence-corrected chi connectivity index (χ4v) is 3.30. The third-order valence-corrected chi connectivity index (χ3v) is 4.93. The van der Waals surface area contributed by atoms with Crippen LogP contribution in [0.4, 0.5) is 0 Å². The van der Waals surface area contributed by atoms with Crippen molar-refractivity contribution in [1.82, 2.24) is 10.4 Å². The quantitative estimate of drug-likeness (QED) is 0.619. The number of hydrazine groups is 1. The first-order chi connectivity index (χ1) is 7.91. The van der Waals surface area contributed by atoms with Crippen molar-refractivity contribution in [1.29, 1.82) is 0 Å². The van der Waals surface area contributed by atoms with E-state index in [1.165, 1.54) is 5.56 Å². The van der Waals surface area contributed by atoms with Gasteiger partial charge in [0.05, 0.1) is 0 Å². The summed E-state index contributed by atoms with van der Waals surface area (Å²) in [5.74, 6) is 6.34. The van der Waals surface area contributed by atoms with E-state index in [1.54, 1.807) is 6.20 Å². The van der Waals surface area contributed by atoms with E-state index in [0.717, 1.165) is 6.42 Å². The predicted octanol–water partition coefficient (Wildman–Crippen LogP) is 2.14. The predicted molar refractivity (Wildman–Crippen MR) is 70.1 cm³/mol. The molecule has 0 aliphatic heterocycles. The third kappa shape index (κ3) is 1.98. The molecule has 2 rings (SSSR count). The second kappa shape index (κ2) is 4.07. The zero-order valence-electron chi connectivity index (χ0n) is 11.2. The molecule has 1 heterocycles. The molecule has 1 aliphatic carbocycles. The Bertz CT molecular complexity index is 370. The SMILES string of the molecule is CC1(C)C(C(Cc2cccnc2)NN)C1(C)C. The molecular formula is C14H23N3. The van der Waals surface area contributed by atoms with E-state index in [2.05, 4.69) is 44.2 Å². The topological polar surface area (TPSA) is 50.9 Å². The van der Waals surface area contributed by atoms with Crippen molar-refractivity contribution in [3.63, 3.8) is 0 Å². The Balaban J connectivity index is 2.10. The van der Waals surface area contributed by atoms with Crippen LogP contribution in [-0.2, 0) is 6.42 Å². The number of pyridine rings is 1. The molecule has 94 valence electrons. The molecule has 1 atom stereocenters. The van der Waals surface area contributed by atoms with Gasteiger partial charge in [-0.25, -0.2) is 0 Å². The lowest BCUT2D eigenvalue weighted by molar-refractivity contribution is 0.402. The molecule has 17 heavy (non-hydrogen) atoms. The summed E-state index contributed by atoms with van der Waals surface area (Å²) >= 11 is 0. The largest absolute Gasteiger partial charge is 0.271 e. The van der Waals surface area contributed by atoms with E-state index in [0.29, 0.717) is 22.8 Å². The second-order valence-electron chi connectivity index (χ2n) is 6.26. The highest BCUT2D eigenvalue weighted by Crippen LogP contribution is 2.69. The normalized spacial score (nSPS) is 23.4. The van der Waals surface area contributed by atoms with Gasteiger partial charge in [0.25, 0.3) is 0 Å². The van der Waals surface area contributed by atoms with Gasteiger partial charge in [-0.3, -0.25) is 16.3 Å². The average molecular weight is 233 g/mol. The van der Waals surface area contributed by atoms with Crippen molar-refractivity contribution in [2.45, 2.75) is 40.2 Å². The summed E-state index contributed by atoms with van der Waals surface area (Å²) in [7, 11) is 0. The zero-order chi connectivity index (χ0) is 12.7. The van der Waals surface area contributed by atoms with Gasteiger partial charge in [0.15, 0.2) is 0 Å². The van der Waals surface area contributed by atoms with E-state index >= 15 is 0 Å². The maximum absolute atomic E-state index is 5.73. The molecular weight excluding hydrogens is 210 g/mol. The average Bonchev–Trinajstić information content (AvgIpc) is 2.68. The second-order valence-corrected chi connectivity index (χ2v) is 6.26. The lowest BCUT2D eigenvalue weighted by atomic mass is 9.98. The maximum Gasteiger partial charge on any atom is 0.0300 e. The number of nitrogens with two attached hydrogens (primary N) is 1. The van der Waals surface area contributed by atoms with Crippen molar-refractivity contribution >= 4 is 0 Å². The Morgan fingerprint density at radius 3 is 2.41 bits per heavy atom. The van der Waals surface area contributed by atoms with Crippen LogP contribution < -0.4 is 11.3 Å². The van der Waals surface area contributed by atoms with E-state index in [1.807, 2.05) is 12.3 Å². The first-order valence-electron chi connectivity index (χ1n) is 6.26. The first kappa shape index (κ1) is 12.5. The number of hydrogen-bond donors (Lipinski definition) is 2. The van der Waals surface area contributed by atoms with Crippen LogP contribution in [-0.4, -0.2) is 11.0 Å². The van der Waals surface area contributed by atoms with E-state index in [9.17, 15) is 0 Å². The third-order valence-electron chi connectivity index (χ3n) is 4.93. The van der Waals surface area contributed by atoms with Gasteiger partial charge in [-0.15, -0.1) is 0 Å². The van der Waals surface area contributed by atoms with Crippen molar-refractivity contribution in [2.75, 3.05) is 0 Å². The van der Waals surface area contributed by atoms with Crippen molar-refractivity contribution in [3.05, 3.63) is 30.1 Å². The van der Waals surface area contributed by atoms with Gasteiger partial charge >= 0.3 is 0 Å². The Morgan fingerprint density at radius 2 is 2.00 bits per heavy atom. The van der Waals surface area contributed by atoms with Crippen LogP contribution in [0.25, 0.3) is 0 Å². The maximum atomic E-state index is 5.73. The number of aromatic nitrogens is 1. The van der Waals surface area contributed by atoms with E-state index in [4.69, 9.17) is 5.84 Å². The standard InChI is InChI=1S/C14H23N3/c1-13(2)12(14(13,3)4)11(17-15)8-10-6-5-7-16-9-10/h5-7,9,11-12,17H,8,15H2,1-4H3. The Labute approximate surface area is 104 Å². The minimum Gasteiger partial charge on any atom is -0.271 e. The van der Waals surface area contributed by atoms with E-state index < -0.39 is 0 Å². The molecule has 0 amide bonds. The van der Waals surface area contributed by atoms with Crippen molar-refractivity contribution < 1.29 is 0 Å². The van der Waals surface area contributed by atoms with Crippen LogP contribution in [0.5, 0.6) is 0 Å². The van der Waals surface area contributed by atoms with Crippen molar-refractivity contribution in [3.8, 4) is 0 Å². The van der Waals surface area contributed by atoms with E-state index in [-0.39, 0.29) is 0 Å². The highest BCUT2D eigenvalue weighted by Gasteiger charge is 2.66. The summed E-state index contributed by atoms with van der Waals surface area (Å²) in [4.78, 5) is 4.16. The van der Waals surface area contributed by atoms with Gasteiger partial charge in [0, 0.05) is 18.4 Å². The molecule has 1 unspecified atom stereocenters. The molecule has 1 aromatic heterocycles. The van der Waals surface area contributed by atoms with Crippen LogP contribution in [0.1, 0.15) is 33.3 Å². The van der Waals surface area contributed by atoms with Crippen molar-refractivity contribution in [2.24, 2.45) is 22.6 Å². The number of rotatable bonds is 4. The molecule has 3 heteroatoms. The van der Waals surface area contributed by atoms with Gasteiger partial charge in [0.1, 0.15) is 0 Å². The summed E-state index contributed by atoms with van der Waals surface area (Å²) in [5.41, 5.74) is 4.95. The fraction of sp³-hybridized carbons (Fsp3) is 0.643. The number of hydrogen-bond acceptors (Lipinski definition) is 3. The molecule has 0 saturated heterocycles. The summed E-state index contributed by atoms with van der Waals surface area (Å²) in [6.45, 7) is 9.30. The Hall–Kier alpha value is -0.930. The summed E-state index contributed by atoms with van der Waals surface area (Å²) < 4.78 is 0. The van der Waals surface area contributed by atoms with Gasteiger partial charge in [0.2, 0.25) is 0 Å². The van der Waals surface area contributed by atoms with Crippen LogP contribution in [0.3, 0.4) is 0 Å². The number of nitrogens with one attached hydrogen (secondary N) is 1. The number of nitrogens with zero attached hydrogens (tertiary/aromatic N) is 1. The molecule has 0 aromatic carbocycles. The fourth-order valence-electron chi connectivity index (χ4n) is 3.30. The Kier molecular flexibility index (Phi) is 3.00. The van der Waals surface area contributed by atoms with Crippen LogP contribution in [0.2, 0.25) is 0 Å². The monoisotopic (exact) mass is 233 g/mol. The zero-order valence-corrected chi connectivity index (χ0v) is 11.2. The Morgan fingerprint density at radius 1 is 1.35 bits per heavy atom. The molecule has 3 N–H and O–H groups in total.